The lowest BCUT2D eigenvalue weighted by molar-refractivity contribution is -0.127. The first-order chi connectivity index (χ1) is 5.58. The second kappa shape index (κ2) is 2.39. The lowest BCUT2D eigenvalue weighted by Crippen LogP contribution is -2.51. The van der Waals surface area contributed by atoms with Gasteiger partial charge < -0.3 is 5.32 Å². The molecule has 1 amide bonds. The summed E-state index contributed by atoms with van der Waals surface area (Å²) in [7, 11) is 0. The fraction of sp³-hybridized carbons (Fsp3) is 0.857. The van der Waals surface area contributed by atoms with Crippen LogP contribution in [0.15, 0.2) is 0 Å². The summed E-state index contributed by atoms with van der Waals surface area (Å²) in [6, 6.07) is -0.589. The first-order valence-corrected chi connectivity index (χ1v) is 3.98. The molecule has 2 saturated heterocycles. The molecular formula is C7H10F2N2O. The average Bonchev–Trinajstić information content (AvgIpc) is 2.25. The molecule has 0 aromatic carbocycles. The van der Waals surface area contributed by atoms with Crippen LogP contribution in [0.4, 0.5) is 8.78 Å². The van der Waals surface area contributed by atoms with E-state index in [1.54, 1.807) is 4.90 Å². The molecule has 0 aliphatic carbocycles. The SMILES string of the molecule is O=C1NCCN2CC(F)(F)C[C@H]12. The number of hydrogen-bond donors (Lipinski definition) is 1. The Labute approximate surface area is 68.7 Å². The van der Waals surface area contributed by atoms with Crippen LogP contribution < -0.4 is 5.32 Å². The molecule has 1 atom stereocenters. The Morgan fingerprint density at radius 1 is 1.58 bits per heavy atom. The Hall–Kier alpha value is -0.710. The molecule has 0 radical (unpaired) electrons. The van der Waals surface area contributed by atoms with Crippen LogP contribution in [0.1, 0.15) is 6.42 Å². The number of halogens is 2. The van der Waals surface area contributed by atoms with Crippen molar-refractivity contribution in [3.8, 4) is 0 Å². The normalized spacial score (nSPS) is 34.5. The Morgan fingerprint density at radius 3 is 3.00 bits per heavy atom. The van der Waals surface area contributed by atoms with Crippen molar-refractivity contribution < 1.29 is 13.6 Å². The van der Waals surface area contributed by atoms with Gasteiger partial charge >= 0.3 is 0 Å². The minimum Gasteiger partial charge on any atom is -0.353 e. The number of piperazine rings is 1. The standard InChI is InChI=1S/C7H10F2N2O/c8-7(9)3-5-6(12)10-1-2-11(5)4-7/h5H,1-4H2,(H,10,12)/t5-/m1/s1. The minimum atomic E-state index is -2.67. The Bertz CT molecular complexity index is 219. The molecule has 2 heterocycles. The Balaban J connectivity index is 2.14. The summed E-state index contributed by atoms with van der Waals surface area (Å²) in [5.41, 5.74) is 0. The van der Waals surface area contributed by atoms with E-state index in [-0.39, 0.29) is 18.9 Å². The Morgan fingerprint density at radius 2 is 2.33 bits per heavy atom. The minimum absolute atomic E-state index is 0.251. The maximum absolute atomic E-state index is 12.8. The predicted molar refractivity (Wildman–Crippen MR) is 37.9 cm³/mol. The van der Waals surface area contributed by atoms with E-state index in [0.29, 0.717) is 13.1 Å². The van der Waals surface area contributed by atoms with Gasteiger partial charge in [-0.05, 0) is 0 Å². The molecule has 12 heavy (non-hydrogen) atoms. The third-order valence-corrected chi connectivity index (χ3v) is 2.37. The average molecular weight is 176 g/mol. The van der Waals surface area contributed by atoms with Crippen molar-refractivity contribution in [1.82, 2.24) is 10.2 Å². The number of nitrogens with one attached hydrogen (secondary N) is 1. The molecule has 0 aromatic heterocycles. The number of alkyl halides is 2. The highest BCUT2D eigenvalue weighted by Crippen LogP contribution is 2.32. The lowest BCUT2D eigenvalue weighted by Gasteiger charge is -2.27. The Kier molecular flexibility index (Phi) is 1.57. The van der Waals surface area contributed by atoms with Crippen LogP contribution in [0.2, 0.25) is 0 Å². The topological polar surface area (TPSA) is 32.3 Å². The van der Waals surface area contributed by atoms with Crippen LogP contribution in [0, 0.1) is 0 Å². The van der Waals surface area contributed by atoms with Crippen molar-refractivity contribution in [3.63, 3.8) is 0 Å². The van der Waals surface area contributed by atoms with E-state index in [4.69, 9.17) is 0 Å². The van der Waals surface area contributed by atoms with Crippen LogP contribution in [0.25, 0.3) is 0 Å². The van der Waals surface area contributed by atoms with Gasteiger partial charge in [-0.25, -0.2) is 8.78 Å². The highest BCUT2D eigenvalue weighted by Gasteiger charge is 2.48. The zero-order valence-corrected chi connectivity index (χ0v) is 6.52. The molecule has 0 unspecified atom stereocenters. The van der Waals surface area contributed by atoms with E-state index in [9.17, 15) is 13.6 Å². The van der Waals surface area contributed by atoms with Crippen molar-refractivity contribution >= 4 is 5.91 Å². The van der Waals surface area contributed by atoms with E-state index in [1.165, 1.54) is 0 Å². The van der Waals surface area contributed by atoms with Gasteiger partial charge in [0, 0.05) is 19.5 Å². The summed E-state index contributed by atoms with van der Waals surface area (Å²) < 4.78 is 25.6. The van der Waals surface area contributed by atoms with Crippen molar-refractivity contribution in [1.29, 1.82) is 0 Å². The molecule has 2 aliphatic rings. The van der Waals surface area contributed by atoms with Gasteiger partial charge in [0.05, 0.1) is 12.6 Å². The molecule has 0 aromatic rings. The molecule has 68 valence electrons. The number of nitrogens with zero attached hydrogens (tertiary/aromatic N) is 1. The van der Waals surface area contributed by atoms with Crippen molar-refractivity contribution in [2.45, 2.75) is 18.4 Å². The molecule has 0 saturated carbocycles. The monoisotopic (exact) mass is 176 g/mol. The quantitative estimate of drug-likeness (QED) is 0.555. The zero-order valence-electron chi connectivity index (χ0n) is 6.52. The first-order valence-electron chi connectivity index (χ1n) is 3.98. The van der Waals surface area contributed by atoms with Crippen LogP contribution in [0.5, 0.6) is 0 Å². The first kappa shape index (κ1) is 7.91. The van der Waals surface area contributed by atoms with E-state index in [0.717, 1.165) is 0 Å². The van der Waals surface area contributed by atoms with Crippen LogP contribution >= 0.6 is 0 Å². The largest absolute Gasteiger partial charge is 0.353 e. The molecule has 2 rings (SSSR count). The summed E-state index contributed by atoms with van der Waals surface area (Å²) in [5, 5.41) is 2.58. The number of carbonyl (C=O) groups is 1. The highest BCUT2D eigenvalue weighted by molar-refractivity contribution is 5.83. The van der Waals surface area contributed by atoms with Gasteiger partial charge in [-0.1, -0.05) is 0 Å². The van der Waals surface area contributed by atoms with Crippen molar-refractivity contribution in [2.75, 3.05) is 19.6 Å². The molecule has 2 fully saturated rings. The molecule has 3 nitrogen and oxygen atoms in total. The highest BCUT2D eigenvalue weighted by atomic mass is 19.3. The third kappa shape index (κ3) is 1.18. The van der Waals surface area contributed by atoms with Gasteiger partial charge in [0.2, 0.25) is 5.91 Å². The van der Waals surface area contributed by atoms with Gasteiger partial charge in [-0.2, -0.15) is 0 Å². The van der Waals surface area contributed by atoms with Crippen LogP contribution in [-0.4, -0.2) is 42.4 Å². The predicted octanol–water partition coefficient (Wildman–Crippen LogP) is -0.174. The van der Waals surface area contributed by atoms with Gasteiger partial charge in [-0.15, -0.1) is 0 Å². The molecule has 0 spiro atoms. The maximum atomic E-state index is 12.8. The summed E-state index contributed by atoms with van der Waals surface area (Å²) in [6.07, 6.45) is -0.321. The summed E-state index contributed by atoms with van der Waals surface area (Å²) in [5.74, 6) is -2.93. The molecular weight excluding hydrogens is 166 g/mol. The summed E-state index contributed by atoms with van der Waals surface area (Å²) >= 11 is 0. The van der Waals surface area contributed by atoms with Crippen molar-refractivity contribution in [2.24, 2.45) is 0 Å². The number of hydrogen-bond acceptors (Lipinski definition) is 2. The third-order valence-electron chi connectivity index (χ3n) is 2.37. The van der Waals surface area contributed by atoms with Crippen molar-refractivity contribution in [3.05, 3.63) is 0 Å². The van der Waals surface area contributed by atoms with E-state index in [2.05, 4.69) is 5.32 Å². The van der Waals surface area contributed by atoms with Gasteiger partial charge in [-0.3, -0.25) is 9.69 Å². The van der Waals surface area contributed by atoms with Crippen LogP contribution in [0.3, 0.4) is 0 Å². The van der Waals surface area contributed by atoms with Gasteiger partial charge in [0.1, 0.15) is 0 Å². The van der Waals surface area contributed by atoms with E-state index >= 15 is 0 Å². The molecule has 0 bridgehead atoms. The second-order valence-corrected chi connectivity index (χ2v) is 3.34. The van der Waals surface area contributed by atoms with Gasteiger partial charge in [0.15, 0.2) is 0 Å². The lowest BCUT2D eigenvalue weighted by atomic mass is 10.1. The number of fused-ring (bicyclic) bond motifs is 1. The van der Waals surface area contributed by atoms with E-state index < -0.39 is 12.0 Å². The summed E-state index contributed by atoms with van der Waals surface area (Å²) in [6.45, 7) is 0.780. The zero-order chi connectivity index (χ0) is 8.77. The fourth-order valence-corrected chi connectivity index (χ4v) is 1.82. The summed E-state index contributed by atoms with van der Waals surface area (Å²) in [4.78, 5) is 12.6. The molecule has 1 N–H and O–H groups in total. The van der Waals surface area contributed by atoms with Gasteiger partial charge in [0.25, 0.3) is 5.92 Å². The van der Waals surface area contributed by atoms with E-state index in [1.807, 2.05) is 0 Å². The fourth-order valence-electron chi connectivity index (χ4n) is 1.82. The number of amides is 1. The maximum Gasteiger partial charge on any atom is 0.262 e. The smallest absolute Gasteiger partial charge is 0.262 e. The number of rotatable bonds is 0. The molecule has 2 aliphatic heterocycles. The number of carbonyl (C=O) groups excluding carboxylic acids is 1. The second-order valence-electron chi connectivity index (χ2n) is 3.34. The molecule has 5 heteroatoms. The van der Waals surface area contributed by atoms with Crippen LogP contribution in [-0.2, 0) is 4.79 Å².